The normalized spacial score (nSPS) is 17.9. The number of hydrogen-bond donors (Lipinski definition) is 0. The number of hydrogen-bond acceptors (Lipinski definition) is 4. The highest BCUT2D eigenvalue weighted by Crippen LogP contribution is 2.18. The molecule has 0 spiro atoms. The Morgan fingerprint density at radius 1 is 1.36 bits per heavy atom. The van der Waals surface area contributed by atoms with Crippen LogP contribution in [0, 0.1) is 12.8 Å². The third-order valence-electron chi connectivity index (χ3n) is 3.90. The number of ether oxygens (including phenoxy) is 1. The lowest BCUT2D eigenvalue weighted by atomic mass is 10.1. The van der Waals surface area contributed by atoms with Crippen molar-refractivity contribution in [3.05, 3.63) is 47.8 Å². The summed E-state index contributed by atoms with van der Waals surface area (Å²) in [6.45, 7) is 4.59. The number of carbonyl (C=O) groups is 1. The van der Waals surface area contributed by atoms with Gasteiger partial charge in [-0.25, -0.2) is 4.98 Å². The predicted molar refractivity (Wildman–Crippen MR) is 81.3 cm³/mol. The Morgan fingerprint density at radius 3 is 2.95 bits per heavy atom. The van der Waals surface area contributed by atoms with Crippen LogP contribution in [0.25, 0.3) is 0 Å². The third kappa shape index (κ3) is 3.01. The van der Waals surface area contributed by atoms with Gasteiger partial charge in [0.05, 0.1) is 25.2 Å². The lowest BCUT2D eigenvalue weighted by Gasteiger charge is -2.23. The van der Waals surface area contributed by atoms with Crippen LogP contribution in [0.2, 0.25) is 0 Å². The number of carbonyl (C=O) groups excluding carboxylic acids is 1. The van der Waals surface area contributed by atoms with Gasteiger partial charge in [-0.05, 0) is 18.6 Å². The first-order valence-electron chi connectivity index (χ1n) is 7.37. The van der Waals surface area contributed by atoms with Crippen LogP contribution in [0.4, 0.5) is 0 Å². The van der Waals surface area contributed by atoms with E-state index in [0.717, 1.165) is 17.8 Å². The van der Waals surface area contributed by atoms with E-state index >= 15 is 0 Å². The Hall–Kier alpha value is -2.21. The maximum Gasteiger partial charge on any atom is 0.272 e. The minimum Gasteiger partial charge on any atom is -0.384 e. The molecule has 0 saturated heterocycles. The quantitative estimate of drug-likeness (QED) is 0.862. The van der Waals surface area contributed by atoms with Crippen molar-refractivity contribution in [1.29, 1.82) is 0 Å². The fraction of sp³-hybridized carbons (Fsp3) is 0.438. The fourth-order valence-corrected chi connectivity index (χ4v) is 2.80. The Kier molecular flexibility index (Phi) is 4.20. The molecule has 0 aliphatic carbocycles. The molecule has 2 aromatic heterocycles. The van der Waals surface area contributed by atoms with Crippen LogP contribution in [-0.4, -0.2) is 45.6 Å². The summed E-state index contributed by atoms with van der Waals surface area (Å²) >= 11 is 0. The standard InChI is InChI=1S/C16H20N4O2/c1-12-3-4-15(18-5-12)16(21)19-7-13(10-22-2)8-20-11-17-6-14(20)9-19/h3-6,11,13H,7-10H2,1-2H3/t13-/m0/s1. The zero-order chi connectivity index (χ0) is 15.5. The third-order valence-corrected chi connectivity index (χ3v) is 3.90. The van der Waals surface area contributed by atoms with Crippen molar-refractivity contribution in [2.45, 2.75) is 20.0 Å². The summed E-state index contributed by atoms with van der Waals surface area (Å²) in [7, 11) is 1.69. The highest BCUT2D eigenvalue weighted by atomic mass is 16.5. The van der Waals surface area contributed by atoms with E-state index in [4.69, 9.17) is 4.74 Å². The van der Waals surface area contributed by atoms with Crippen molar-refractivity contribution in [2.75, 3.05) is 20.3 Å². The van der Waals surface area contributed by atoms with Crippen molar-refractivity contribution >= 4 is 5.91 Å². The fourth-order valence-electron chi connectivity index (χ4n) is 2.80. The molecule has 0 aromatic carbocycles. The molecule has 1 aliphatic rings. The monoisotopic (exact) mass is 300 g/mol. The van der Waals surface area contributed by atoms with Crippen LogP contribution in [0.1, 0.15) is 21.7 Å². The van der Waals surface area contributed by atoms with E-state index in [1.54, 1.807) is 19.4 Å². The van der Waals surface area contributed by atoms with Crippen LogP contribution in [0.3, 0.4) is 0 Å². The van der Waals surface area contributed by atoms with Crippen LogP contribution < -0.4 is 0 Å². The topological polar surface area (TPSA) is 60.2 Å². The van der Waals surface area contributed by atoms with E-state index in [2.05, 4.69) is 14.5 Å². The first-order chi connectivity index (χ1) is 10.7. The molecule has 1 aliphatic heterocycles. The molecule has 116 valence electrons. The van der Waals surface area contributed by atoms with Gasteiger partial charge in [0.2, 0.25) is 0 Å². The highest BCUT2D eigenvalue weighted by Gasteiger charge is 2.26. The molecule has 0 N–H and O–H groups in total. The van der Waals surface area contributed by atoms with Crippen LogP contribution in [0.5, 0.6) is 0 Å². The summed E-state index contributed by atoms with van der Waals surface area (Å²) in [5.41, 5.74) is 2.57. The first-order valence-corrected chi connectivity index (χ1v) is 7.37. The van der Waals surface area contributed by atoms with E-state index < -0.39 is 0 Å². The van der Waals surface area contributed by atoms with Crippen molar-refractivity contribution in [3.8, 4) is 0 Å². The van der Waals surface area contributed by atoms with E-state index in [9.17, 15) is 4.79 Å². The molecule has 0 unspecified atom stereocenters. The Balaban J connectivity index is 1.85. The van der Waals surface area contributed by atoms with Crippen LogP contribution >= 0.6 is 0 Å². The predicted octanol–water partition coefficient (Wildman–Crippen LogP) is 1.51. The minimum absolute atomic E-state index is 0.0456. The van der Waals surface area contributed by atoms with Crippen molar-refractivity contribution < 1.29 is 9.53 Å². The molecule has 1 amide bonds. The maximum absolute atomic E-state index is 12.7. The van der Waals surface area contributed by atoms with Crippen molar-refractivity contribution in [1.82, 2.24) is 19.4 Å². The zero-order valence-electron chi connectivity index (χ0n) is 12.9. The van der Waals surface area contributed by atoms with Gasteiger partial charge in [0.1, 0.15) is 5.69 Å². The van der Waals surface area contributed by atoms with E-state index in [0.29, 0.717) is 25.4 Å². The molecule has 0 bridgehead atoms. The zero-order valence-corrected chi connectivity index (χ0v) is 12.9. The average Bonchev–Trinajstić information content (AvgIpc) is 2.86. The van der Waals surface area contributed by atoms with E-state index in [1.165, 1.54) is 0 Å². The van der Waals surface area contributed by atoms with Gasteiger partial charge in [-0.15, -0.1) is 0 Å². The number of aryl methyl sites for hydroxylation is 1. The Labute approximate surface area is 129 Å². The molecule has 2 aromatic rings. The average molecular weight is 300 g/mol. The van der Waals surface area contributed by atoms with Crippen molar-refractivity contribution in [2.24, 2.45) is 5.92 Å². The van der Waals surface area contributed by atoms with Gasteiger partial charge >= 0.3 is 0 Å². The lowest BCUT2D eigenvalue weighted by Crippen LogP contribution is -2.35. The second-order valence-corrected chi connectivity index (χ2v) is 5.77. The second-order valence-electron chi connectivity index (χ2n) is 5.77. The summed E-state index contributed by atoms with van der Waals surface area (Å²) in [4.78, 5) is 23.0. The number of amides is 1. The van der Waals surface area contributed by atoms with E-state index in [1.807, 2.05) is 30.4 Å². The number of pyridine rings is 1. The van der Waals surface area contributed by atoms with Gasteiger partial charge in [-0.2, -0.15) is 0 Å². The molecule has 22 heavy (non-hydrogen) atoms. The van der Waals surface area contributed by atoms with Crippen LogP contribution in [0.15, 0.2) is 30.9 Å². The number of methoxy groups -OCH3 is 1. The Bertz CT molecular complexity index is 650. The molecule has 6 nitrogen and oxygen atoms in total. The summed E-state index contributed by atoms with van der Waals surface area (Å²) in [5.74, 6) is 0.200. The van der Waals surface area contributed by atoms with E-state index in [-0.39, 0.29) is 11.8 Å². The number of fused-ring (bicyclic) bond motifs is 1. The number of imidazole rings is 1. The van der Waals surface area contributed by atoms with Gasteiger partial charge in [-0.3, -0.25) is 9.78 Å². The first kappa shape index (κ1) is 14.7. The van der Waals surface area contributed by atoms with Gasteiger partial charge in [0, 0.05) is 38.5 Å². The van der Waals surface area contributed by atoms with Crippen LogP contribution in [-0.2, 0) is 17.8 Å². The SMILES string of the molecule is COC[C@H]1CN(C(=O)c2ccc(C)cn2)Cc2cncn2C1. The lowest BCUT2D eigenvalue weighted by molar-refractivity contribution is 0.0661. The van der Waals surface area contributed by atoms with Crippen molar-refractivity contribution in [3.63, 3.8) is 0 Å². The van der Waals surface area contributed by atoms with Gasteiger partial charge in [0.15, 0.2) is 0 Å². The molecular formula is C16H20N4O2. The summed E-state index contributed by atoms with van der Waals surface area (Å²) in [6.07, 6.45) is 5.36. The molecule has 1 atom stereocenters. The molecule has 6 heteroatoms. The van der Waals surface area contributed by atoms with Gasteiger partial charge in [-0.1, -0.05) is 6.07 Å². The molecule has 0 fully saturated rings. The minimum atomic E-state index is -0.0456. The number of nitrogens with zero attached hydrogens (tertiary/aromatic N) is 4. The molecule has 0 saturated carbocycles. The summed E-state index contributed by atoms with van der Waals surface area (Å²) in [6, 6.07) is 3.69. The summed E-state index contributed by atoms with van der Waals surface area (Å²) < 4.78 is 7.39. The number of rotatable bonds is 3. The largest absolute Gasteiger partial charge is 0.384 e. The Morgan fingerprint density at radius 2 is 2.23 bits per heavy atom. The summed E-state index contributed by atoms with van der Waals surface area (Å²) in [5, 5.41) is 0. The molecule has 3 rings (SSSR count). The number of aromatic nitrogens is 3. The smallest absolute Gasteiger partial charge is 0.272 e. The molecule has 3 heterocycles. The molecular weight excluding hydrogens is 280 g/mol. The van der Waals surface area contributed by atoms with Gasteiger partial charge < -0.3 is 14.2 Å². The van der Waals surface area contributed by atoms with Gasteiger partial charge in [0.25, 0.3) is 5.91 Å². The molecule has 0 radical (unpaired) electrons. The second kappa shape index (κ2) is 6.27. The highest BCUT2D eigenvalue weighted by molar-refractivity contribution is 5.92. The maximum atomic E-state index is 12.7.